The first-order valence-corrected chi connectivity index (χ1v) is 5.43. The van der Waals surface area contributed by atoms with Gasteiger partial charge < -0.3 is 0 Å². The summed E-state index contributed by atoms with van der Waals surface area (Å²) in [6.45, 7) is 2.13. The van der Waals surface area contributed by atoms with Crippen molar-refractivity contribution in [3.8, 4) is 12.1 Å². The Balaban J connectivity index is 2.69. The van der Waals surface area contributed by atoms with E-state index in [1.165, 1.54) is 11.3 Å². The normalized spacial score (nSPS) is 9.71. The minimum Gasteiger partial charge on any atom is -0.244 e. The van der Waals surface area contributed by atoms with Gasteiger partial charge in [0, 0.05) is 5.38 Å². The number of hydrogen-bond donors (Lipinski definition) is 0. The Hall–Kier alpha value is -1.39. The molecule has 0 saturated carbocycles. The van der Waals surface area contributed by atoms with Gasteiger partial charge in [0.1, 0.15) is 5.01 Å². The number of aromatic nitrogens is 1. The number of thiazole rings is 1. The summed E-state index contributed by atoms with van der Waals surface area (Å²) in [6.07, 6.45) is 3.18. The van der Waals surface area contributed by atoms with Crippen LogP contribution in [0.4, 0.5) is 0 Å². The molecule has 0 bridgehead atoms. The third-order valence-electron chi connectivity index (χ3n) is 1.86. The molecule has 0 aliphatic rings. The van der Waals surface area contributed by atoms with Gasteiger partial charge in [-0.15, -0.1) is 11.3 Å². The molecule has 0 radical (unpaired) electrons. The summed E-state index contributed by atoms with van der Waals surface area (Å²) in [5, 5.41) is 19.9. The standard InChI is InChI=1S/C10H11N3S/c1-2-3-4-9-7-14-10(13-9)8(5-11)6-12/h7-8H,2-4H2,1H3. The van der Waals surface area contributed by atoms with Crippen LogP contribution < -0.4 is 0 Å². The number of hydrogen-bond acceptors (Lipinski definition) is 4. The number of aryl methyl sites for hydroxylation is 1. The lowest BCUT2D eigenvalue weighted by Gasteiger charge is -1.93. The Morgan fingerprint density at radius 2 is 2.21 bits per heavy atom. The van der Waals surface area contributed by atoms with Crippen molar-refractivity contribution < 1.29 is 0 Å². The first-order valence-electron chi connectivity index (χ1n) is 4.55. The lowest BCUT2D eigenvalue weighted by atomic mass is 10.2. The van der Waals surface area contributed by atoms with Crippen LogP contribution in [-0.4, -0.2) is 4.98 Å². The summed E-state index contributed by atoms with van der Waals surface area (Å²) in [6, 6.07) is 3.85. The Kier molecular flexibility index (Phi) is 4.10. The summed E-state index contributed by atoms with van der Waals surface area (Å²) in [7, 11) is 0. The molecular weight excluding hydrogens is 194 g/mol. The van der Waals surface area contributed by atoms with Gasteiger partial charge in [0.2, 0.25) is 0 Å². The topological polar surface area (TPSA) is 60.5 Å². The van der Waals surface area contributed by atoms with Gasteiger partial charge in [-0.05, 0) is 12.8 Å². The first-order chi connectivity index (χ1) is 6.81. The molecule has 0 aliphatic heterocycles. The maximum absolute atomic E-state index is 8.66. The molecule has 3 nitrogen and oxygen atoms in total. The van der Waals surface area contributed by atoms with E-state index >= 15 is 0 Å². The van der Waals surface area contributed by atoms with Crippen molar-refractivity contribution in [3.63, 3.8) is 0 Å². The average molecular weight is 205 g/mol. The number of nitriles is 2. The highest BCUT2D eigenvalue weighted by molar-refractivity contribution is 7.09. The molecule has 0 N–H and O–H groups in total. The number of nitrogens with zero attached hydrogens (tertiary/aromatic N) is 3. The van der Waals surface area contributed by atoms with E-state index < -0.39 is 5.92 Å². The lowest BCUT2D eigenvalue weighted by molar-refractivity contribution is 0.777. The zero-order chi connectivity index (χ0) is 10.4. The fourth-order valence-electron chi connectivity index (χ4n) is 1.07. The van der Waals surface area contributed by atoms with E-state index in [0.717, 1.165) is 25.0 Å². The zero-order valence-electron chi connectivity index (χ0n) is 8.03. The summed E-state index contributed by atoms with van der Waals surface area (Å²) in [5.41, 5.74) is 1.00. The Morgan fingerprint density at radius 1 is 1.50 bits per heavy atom. The average Bonchev–Trinajstić information content (AvgIpc) is 2.65. The van der Waals surface area contributed by atoms with Gasteiger partial charge in [-0.3, -0.25) is 0 Å². The quantitative estimate of drug-likeness (QED) is 0.759. The van der Waals surface area contributed by atoms with Crippen LogP contribution in [0.2, 0.25) is 0 Å². The summed E-state index contributed by atoms with van der Waals surface area (Å²) in [4.78, 5) is 4.26. The molecule has 0 atom stereocenters. The zero-order valence-corrected chi connectivity index (χ0v) is 8.84. The van der Waals surface area contributed by atoms with Crippen LogP contribution in [0.25, 0.3) is 0 Å². The largest absolute Gasteiger partial charge is 0.244 e. The Morgan fingerprint density at radius 3 is 2.79 bits per heavy atom. The lowest BCUT2D eigenvalue weighted by Crippen LogP contribution is -1.92. The van der Waals surface area contributed by atoms with E-state index in [0.29, 0.717) is 5.01 Å². The fraction of sp³-hybridized carbons (Fsp3) is 0.500. The van der Waals surface area contributed by atoms with E-state index in [1.807, 2.05) is 17.5 Å². The van der Waals surface area contributed by atoms with Gasteiger partial charge in [0.05, 0.1) is 17.8 Å². The second-order valence-corrected chi connectivity index (χ2v) is 3.86. The van der Waals surface area contributed by atoms with Crippen molar-refractivity contribution in [1.82, 2.24) is 4.98 Å². The van der Waals surface area contributed by atoms with E-state index in [1.54, 1.807) is 0 Å². The van der Waals surface area contributed by atoms with E-state index in [2.05, 4.69) is 11.9 Å². The second-order valence-electron chi connectivity index (χ2n) is 2.97. The van der Waals surface area contributed by atoms with Crippen molar-refractivity contribution in [2.24, 2.45) is 0 Å². The molecule has 1 aromatic heterocycles. The van der Waals surface area contributed by atoms with Crippen LogP contribution in [0, 0.1) is 22.7 Å². The molecule has 4 heteroatoms. The highest BCUT2D eigenvalue weighted by Crippen LogP contribution is 2.20. The maximum Gasteiger partial charge on any atom is 0.184 e. The second kappa shape index (κ2) is 5.36. The molecule has 0 unspecified atom stereocenters. The number of unbranched alkanes of at least 4 members (excludes halogenated alkanes) is 1. The van der Waals surface area contributed by atoms with Crippen LogP contribution in [0.5, 0.6) is 0 Å². The molecule has 0 amide bonds. The van der Waals surface area contributed by atoms with Gasteiger partial charge >= 0.3 is 0 Å². The molecule has 72 valence electrons. The molecule has 1 rings (SSSR count). The van der Waals surface area contributed by atoms with E-state index in [9.17, 15) is 0 Å². The van der Waals surface area contributed by atoms with Crippen molar-refractivity contribution in [3.05, 3.63) is 16.1 Å². The minimum atomic E-state index is -0.699. The van der Waals surface area contributed by atoms with Crippen molar-refractivity contribution in [1.29, 1.82) is 10.5 Å². The Bertz CT molecular complexity index is 355. The van der Waals surface area contributed by atoms with E-state index in [4.69, 9.17) is 10.5 Å². The monoisotopic (exact) mass is 205 g/mol. The van der Waals surface area contributed by atoms with Gasteiger partial charge in [-0.2, -0.15) is 10.5 Å². The summed E-state index contributed by atoms with van der Waals surface area (Å²) < 4.78 is 0. The van der Waals surface area contributed by atoms with Gasteiger partial charge in [-0.25, -0.2) is 4.98 Å². The van der Waals surface area contributed by atoms with Crippen LogP contribution in [0.1, 0.15) is 36.4 Å². The van der Waals surface area contributed by atoms with E-state index in [-0.39, 0.29) is 0 Å². The van der Waals surface area contributed by atoms with Crippen LogP contribution in [0.15, 0.2) is 5.38 Å². The molecule has 0 saturated heterocycles. The highest BCUT2D eigenvalue weighted by atomic mass is 32.1. The predicted octanol–water partition coefficient (Wildman–Crippen LogP) is 2.62. The van der Waals surface area contributed by atoms with Crippen LogP contribution in [-0.2, 0) is 6.42 Å². The van der Waals surface area contributed by atoms with Crippen LogP contribution in [0.3, 0.4) is 0 Å². The third-order valence-corrected chi connectivity index (χ3v) is 2.82. The first kappa shape index (κ1) is 10.7. The third kappa shape index (κ3) is 2.55. The van der Waals surface area contributed by atoms with Gasteiger partial charge in [0.15, 0.2) is 5.92 Å². The van der Waals surface area contributed by atoms with Crippen molar-refractivity contribution in [2.75, 3.05) is 0 Å². The smallest absolute Gasteiger partial charge is 0.184 e. The van der Waals surface area contributed by atoms with Gasteiger partial charge in [0.25, 0.3) is 0 Å². The predicted molar refractivity (Wildman–Crippen MR) is 54.7 cm³/mol. The number of rotatable bonds is 4. The molecule has 0 aromatic carbocycles. The molecule has 0 fully saturated rings. The molecular formula is C10H11N3S. The minimum absolute atomic E-state index is 0.626. The van der Waals surface area contributed by atoms with Crippen LogP contribution >= 0.6 is 11.3 Å². The molecule has 1 heterocycles. The summed E-state index contributed by atoms with van der Waals surface area (Å²) >= 11 is 1.40. The highest BCUT2D eigenvalue weighted by Gasteiger charge is 2.13. The summed E-state index contributed by atoms with van der Waals surface area (Å²) in [5.74, 6) is -0.699. The van der Waals surface area contributed by atoms with Gasteiger partial charge in [-0.1, -0.05) is 13.3 Å². The fourth-order valence-corrected chi connectivity index (χ4v) is 1.91. The van der Waals surface area contributed by atoms with Crippen molar-refractivity contribution >= 4 is 11.3 Å². The molecule has 0 aliphatic carbocycles. The van der Waals surface area contributed by atoms with Crippen molar-refractivity contribution in [2.45, 2.75) is 32.1 Å². The SMILES string of the molecule is CCCCc1csc(C(C#N)C#N)n1. The Labute approximate surface area is 87.6 Å². The molecule has 1 aromatic rings. The maximum atomic E-state index is 8.66. The molecule has 14 heavy (non-hydrogen) atoms. The molecule has 0 spiro atoms.